The van der Waals surface area contributed by atoms with E-state index in [9.17, 15) is 13.2 Å². The molecular formula is C14H18ClNO4S. The van der Waals surface area contributed by atoms with Crippen molar-refractivity contribution in [3.63, 3.8) is 0 Å². The summed E-state index contributed by atoms with van der Waals surface area (Å²) in [7, 11) is -3.78. The van der Waals surface area contributed by atoms with E-state index in [1.807, 2.05) is 6.92 Å². The molecule has 1 aliphatic rings. The highest BCUT2D eigenvalue weighted by atomic mass is 35.5. The van der Waals surface area contributed by atoms with Crippen molar-refractivity contribution in [2.45, 2.75) is 44.0 Å². The zero-order valence-corrected chi connectivity index (χ0v) is 13.5. The minimum absolute atomic E-state index is 0.0634. The molecule has 7 heteroatoms. The van der Waals surface area contributed by atoms with E-state index in [-0.39, 0.29) is 33.0 Å². The van der Waals surface area contributed by atoms with Gasteiger partial charge in [-0.3, -0.25) is 0 Å². The SMILES string of the molecule is Cc1c(C(=O)O)cc(Cl)cc1S(=O)(=O)NC1CCCC1C. The Kier molecular flexibility index (Phi) is 4.60. The van der Waals surface area contributed by atoms with E-state index in [1.165, 1.54) is 19.1 Å². The maximum atomic E-state index is 12.5. The summed E-state index contributed by atoms with van der Waals surface area (Å²) in [6.07, 6.45) is 2.77. The zero-order chi connectivity index (χ0) is 15.8. The number of carbonyl (C=O) groups is 1. The largest absolute Gasteiger partial charge is 0.478 e. The fourth-order valence-corrected chi connectivity index (χ4v) is 4.69. The number of hydrogen-bond acceptors (Lipinski definition) is 3. The Morgan fingerprint density at radius 2 is 2.05 bits per heavy atom. The van der Waals surface area contributed by atoms with E-state index in [4.69, 9.17) is 16.7 Å². The molecule has 0 aliphatic heterocycles. The molecule has 1 saturated carbocycles. The van der Waals surface area contributed by atoms with Gasteiger partial charge in [0.25, 0.3) is 0 Å². The second-order valence-electron chi connectivity index (χ2n) is 5.52. The molecule has 0 aromatic heterocycles. The normalized spacial score (nSPS) is 22.4. The van der Waals surface area contributed by atoms with Crippen LogP contribution < -0.4 is 4.72 Å². The van der Waals surface area contributed by atoms with Crippen molar-refractivity contribution in [3.8, 4) is 0 Å². The average molecular weight is 332 g/mol. The summed E-state index contributed by atoms with van der Waals surface area (Å²) < 4.78 is 27.7. The zero-order valence-electron chi connectivity index (χ0n) is 11.9. The number of halogens is 1. The summed E-state index contributed by atoms with van der Waals surface area (Å²) in [4.78, 5) is 11.1. The molecular weight excluding hydrogens is 314 g/mol. The quantitative estimate of drug-likeness (QED) is 0.888. The molecule has 0 bridgehead atoms. The highest BCUT2D eigenvalue weighted by Gasteiger charge is 2.30. The molecule has 2 atom stereocenters. The number of carboxylic acid groups (broad SMARTS) is 1. The van der Waals surface area contributed by atoms with Crippen molar-refractivity contribution in [1.29, 1.82) is 0 Å². The lowest BCUT2D eigenvalue weighted by molar-refractivity contribution is 0.0696. The molecule has 0 radical (unpaired) electrons. The fraction of sp³-hybridized carbons (Fsp3) is 0.500. The van der Waals surface area contributed by atoms with Crippen molar-refractivity contribution in [1.82, 2.24) is 4.72 Å². The fourth-order valence-electron chi connectivity index (χ4n) is 2.74. The number of carboxylic acids is 1. The molecule has 0 heterocycles. The second-order valence-corrected chi connectivity index (χ2v) is 7.64. The van der Waals surface area contributed by atoms with Gasteiger partial charge in [-0.15, -0.1) is 0 Å². The lowest BCUT2D eigenvalue weighted by Crippen LogP contribution is -2.36. The van der Waals surface area contributed by atoms with Gasteiger partial charge < -0.3 is 5.11 Å². The summed E-state index contributed by atoms with van der Waals surface area (Å²) in [5, 5.41) is 9.23. The van der Waals surface area contributed by atoms with E-state index < -0.39 is 16.0 Å². The highest BCUT2D eigenvalue weighted by Crippen LogP contribution is 2.29. The Morgan fingerprint density at radius 1 is 1.38 bits per heavy atom. The molecule has 1 aromatic rings. The van der Waals surface area contributed by atoms with Crippen LogP contribution in [-0.2, 0) is 10.0 Å². The standard InChI is InChI=1S/C14H18ClNO4S/c1-8-4-3-5-12(8)16-21(19,20)13-7-10(15)6-11(9(13)2)14(17)18/h6-8,12,16H,3-5H2,1-2H3,(H,17,18). The molecule has 21 heavy (non-hydrogen) atoms. The molecule has 1 aromatic carbocycles. The van der Waals surface area contributed by atoms with E-state index in [1.54, 1.807) is 0 Å². The third-order valence-corrected chi connectivity index (χ3v) is 5.85. The van der Waals surface area contributed by atoms with Crippen LogP contribution >= 0.6 is 11.6 Å². The van der Waals surface area contributed by atoms with E-state index in [0.717, 1.165) is 19.3 Å². The number of aromatic carboxylic acids is 1. The third kappa shape index (κ3) is 3.39. The van der Waals surface area contributed by atoms with Crippen LogP contribution in [0.3, 0.4) is 0 Å². The first-order chi connectivity index (χ1) is 9.72. The van der Waals surface area contributed by atoms with Crippen molar-refractivity contribution in [2.75, 3.05) is 0 Å². The Morgan fingerprint density at radius 3 is 2.57 bits per heavy atom. The predicted octanol–water partition coefficient (Wildman–Crippen LogP) is 2.81. The Hall–Kier alpha value is -1.11. The third-order valence-electron chi connectivity index (χ3n) is 4.01. The van der Waals surface area contributed by atoms with Crippen LogP contribution in [0.25, 0.3) is 0 Å². The highest BCUT2D eigenvalue weighted by molar-refractivity contribution is 7.89. The molecule has 2 rings (SSSR count). The van der Waals surface area contributed by atoms with Gasteiger partial charge in [-0.2, -0.15) is 0 Å². The second kappa shape index (κ2) is 5.94. The molecule has 116 valence electrons. The van der Waals surface area contributed by atoms with Crippen LogP contribution in [0.2, 0.25) is 5.02 Å². The lowest BCUT2D eigenvalue weighted by atomic mass is 10.1. The Labute approximate surface area is 129 Å². The Balaban J connectivity index is 2.42. The van der Waals surface area contributed by atoms with Crippen LogP contribution in [0.4, 0.5) is 0 Å². The maximum Gasteiger partial charge on any atom is 0.336 e. The van der Waals surface area contributed by atoms with Crippen molar-refractivity contribution >= 4 is 27.6 Å². The van der Waals surface area contributed by atoms with Gasteiger partial charge in [0.1, 0.15) is 0 Å². The average Bonchev–Trinajstić information content (AvgIpc) is 2.76. The van der Waals surface area contributed by atoms with Crippen LogP contribution in [0.5, 0.6) is 0 Å². The first-order valence-electron chi connectivity index (χ1n) is 6.78. The van der Waals surface area contributed by atoms with Gasteiger partial charge in [-0.1, -0.05) is 24.9 Å². The van der Waals surface area contributed by atoms with Crippen molar-refractivity contribution in [3.05, 3.63) is 28.3 Å². The minimum atomic E-state index is -3.78. The van der Waals surface area contributed by atoms with Gasteiger partial charge in [0.2, 0.25) is 10.0 Å². The van der Waals surface area contributed by atoms with Gasteiger partial charge in [0, 0.05) is 11.1 Å². The predicted molar refractivity (Wildman–Crippen MR) is 80.3 cm³/mol. The van der Waals surface area contributed by atoms with Crippen molar-refractivity contribution in [2.24, 2.45) is 5.92 Å². The molecule has 2 N–H and O–H groups in total. The number of rotatable bonds is 4. The summed E-state index contributed by atoms with van der Waals surface area (Å²) >= 11 is 5.86. The number of benzene rings is 1. The van der Waals surface area contributed by atoms with Gasteiger partial charge in [0.05, 0.1) is 10.5 Å². The Bertz CT molecular complexity index is 672. The summed E-state index contributed by atoms with van der Waals surface area (Å²) in [5.41, 5.74) is 0.104. The smallest absolute Gasteiger partial charge is 0.336 e. The number of hydrogen-bond donors (Lipinski definition) is 2. The molecule has 1 aliphatic carbocycles. The topological polar surface area (TPSA) is 83.5 Å². The summed E-state index contributed by atoms with van der Waals surface area (Å²) in [6.45, 7) is 3.49. The summed E-state index contributed by atoms with van der Waals surface area (Å²) in [5.74, 6) is -0.918. The maximum absolute atomic E-state index is 12.5. The van der Waals surface area contributed by atoms with Gasteiger partial charge >= 0.3 is 5.97 Å². The molecule has 0 amide bonds. The van der Waals surface area contributed by atoms with E-state index in [2.05, 4.69) is 4.72 Å². The molecule has 0 spiro atoms. The first-order valence-corrected chi connectivity index (χ1v) is 8.64. The summed E-state index contributed by atoms with van der Waals surface area (Å²) in [6, 6.07) is 2.45. The number of sulfonamides is 1. The minimum Gasteiger partial charge on any atom is -0.478 e. The molecule has 1 fully saturated rings. The van der Waals surface area contributed by atoms with E-state index in [0.29, 0.717) is 0 Å². The van der Waals surface area contributed by atoms with Gasteiger partial charge in [-0.25, -0.2) is 17.9 Å². The molecule has 0 saturated heterocycles. The monoisotopic (exact) mass is 331 g/mol. The molecule has 5 nitrogen and oxygen atoms in total. The van der Waals surface area contributed by atoms with Gasteiger partial charge in [0.15, 0.2) is 0 Å². The lowest BCUT2D eigenvalue weighted by Gasteiger charge is -2.19. The van der Waals surface area contributed by atoms with E-state index >= 15 is 0 Å². The van der Waals surface area contributed by atoms with Crippen LogP contribution in [0.15, 0.2) is 17.0 Å². The first kappa shape index (κ1) is 16.3. The molecule has 2 unspecified atom stereocenters. The van der Waals surface area contributed by atoms with Gasteiger partial charge in [-0.05, 0) is 43.4 Å². The number of nitrogens with one attached hydrogen (secondary N) is 1. The van der Waals surface area contributed by atoms with Crippen LogP contribution in [0, 0.1) is 12.8 Å². The van der Waals surface area contributed by atoms with Crippen molar-refractivity contribution < 1.29 is 18.3 Å². The van der Waals surface area contributed by atoms with Crippen LogP contribution in [0.1, 0.15) is 42.1 Å². The van der Waals surface area contributed by atoms with Crippen LogP contribution in [-0.4, -0.2) is 25.5 Å².